The fourth-order valence-electron chi connectivity index (χ4n) is 2.33. The van der Waals surface area contributed by atoms with Crippen molar-refractivity contribution in [1.82, 2.24) is 35.1 Å². The van der Waals surface area contributed by atoms with Crippen LogP contribution >= 0.6 is 0 Å². The van der Waals surface area contributed by atoms with Crippen LogP contribution in [-0.2, 0) is 18.3 Å². The number of rotatable bonds is 9. The standard InChI is InChI=1S/C17H19N7O4/c1-23-10-13(9-20-23)16(25)18-4-6-28-7-5-24-11-15(21-22-24)14-3-2-12(8-19-14)17(26)27/h2-3,8-11H,4-7H2,1H3,(H,18,25)(H,26,27). The second-order valence-corrected chi connectivity index (χ2v) is 5.88. The van der Waals surface area contributed by atoms with Crippen molar-refractivity contribution in [2.24, 2.45) is 7.05 Å². The van der Waals surface area contributed by atoms with Gasteiger partial charge in [0.25, 0.3) is 5.91 Å². The van der Waals surface area contributed by atoms with Gasteiger partial charge in [0.2, 0.25) is 0 Å². The van der Waals surface area contributed by atoms with E-state index >= 15 is 0 Å². The van der Waals surface area contributed by atoms with Crippen LogP contribution in [-0.4, -0.2) is 66.5 Å². The Kier molecular flexibility index (Phi) is 6.07. The van der Waals surface area contributed by atoms with E-state index in [0.29, 0.717) is 43.3 Å². The minimum Gasteiger partial charge on any atom is -0.478 e. The van der Waals surface area contributed by atoms with Crippen LogP contribution in [0.1, 0.15) is 20.7 Å². The molecular weight excluding hydrogens is 366 g/mol. The number of aryl methyl sites for hydroxylation is 1. The van der Waals surface area contributed by atoms with Crippen LogP contribution in [0.2, 0.25) is 0 Å². The molecular formula is C17H19N7O4. The maximum Gasteiger partial charge on any atom is 0.337 e. The molecule has 146 valence electrons. The molecule has 3 rings (SSSR count). The van der Waals surface area contributed by atoms with Crippen molar-refractivity contribution < 1.29 is 19.4 Å². The number of carbonyl (C=O) groups excluding carboxylic acids is 1. The smallest absolute Gasteiger partial charge is 0.337 e. The quantitative estimate of drug-likeness (QED) is 0.499. The SMILES string of the molecule is Cn1cc(C(=O)NCCOCCn2cc(-c3ccc(C(=O)O)cn3)nn2)cn1. The minimum absolute atomic E-state index is 0.111. The zero-order valence-electron chi connectivity index (χ0n) is 15.1. The summed E-state index contributed by atoms with van der Waals surface area (Å²) in [4.78, 5) is 26.7. The van der Waals surface area contributed by atoms with Crippen molar-refractivity contribution in [3.05, 3.63) is 48.0 Å². The van der Waals surface area contributed by atoms with Crippen LogP contribution in [0.4, 0.5) is 0 Å². The van der Waals surface area contributed by atoms with Gasteiger partial charge in [-0.3, -0.25) is 14.5 Å². The van der Waals surface area contributed by atoms with Crippen molar-refractivity contribution >= 4 is 11.9 Å². The van der Waals surface area contributed by atoms with Crippen molar-refractivity contribution in [3.63, 3.8) is 0 Å². The predicted molar refractivity (Wildman–Crippen MR) is 96.6 cm³/mol. The van der Waals surface area contributed by atoms with Gasteiger partial charge >= 0.3 is 5.97 Å². The van der Waals surface area contributed by atoms with Crippen LogP contribution < -0.4 is 5.32 Å². The van der Waals surface area contributed by atoms with Gasteiger partial charge in [0.05, 0.1) is 49.0 Å². The lowest BCUT2D eigenvalue weighted by Crippen LogP contribution is -2.27. The minimum atomic E-state index is -1.03. The lowest BCUT2D eigenvalue weighted by atomic mass is 10.2. The molecule has 0 saturated carbocycles. The van der Waals surface area contributed by atoms with Gasteiger partial charge in [0, 0.05) is 26.0 Å². The molecule has 11 heteroatoms. The molecule has 0 fully saturated rings. The number of carboxylic acid groups (broad SMARTS) is 1. The van der Waals surface area contributed by atoms with Crippen LogP contribution in [0, 0.1) is 0 Å². The number of carbonyl (C=O) groups is 2. The Morgan fingerprint density at radius 3 is 2.68 bits per heavy atom. The molecule has 0 aromatic carbocycles. The van der Waals surface area contributed by atoms with Crippen molar-refractivity contribution in [3.8, 4) is 11.4 Å². The van der Waals surface area contributed by atoms with Crippen LogP contribution in [0.5, 0.6) is 0 Å². The number of hydrogen-bond donors (Lipinski definition) is 2. The molecule has 0 unspecified atom stereocenters. The van der Waals surface area contributed by atoms with E-state index in [9.17, 15) is 9.59 Å². The maximum atomic E-state index is 11.8. The highest BCUT2D eigenvalue weighted by molar-refractivity contribution is 5.93. The molecule has 0 spiro atoms. The first-order chi connectivity index (χ1) is 13.5. The molecule has 2 N–H and O–H groups in total. The third kappa shape index (κ3) is 4.98. The third-order valence-corrected chi connectivity index (χ3v) is 3.78. The fourth-order valence-corrected chi connectivity index (χ4v) is 2.33. The molecule has 3 heterocycles. The van der Waals surface area contributed by atoms with Gasteiger partial charge in [0.15, 0.2) is 0 Å². The van der Waals surface area contributed by atoms with Crippen LogP contribution in [0.25, 0.3) is 11.4 Å². The molecule has 0 atom stereocenters. The molecule has 28 heavy (non-hydrogen) atoms. The van der Waals surface area contributed by atoms with Crippen molar-refractivity contribution in [2.45, 2.75) is 6.54 Å². The van der Waals surface area contributed by atoms with Gasteiger partial charge in [-0.05, 0) is 12.1 Å². The van der Waals surface area contributed by atoms with Crippen molar-refractivity contribution in [1.29, 1.82) is 0 Å². The van der Waals surface area contributed by atoms with Gasteiger partial charge in [-0.1, -0.05) is 5.21 Å². The Bertz CT molecular complexity index is 949. The van der Waals surface area contributed by atoms with Crippen LogP contribution in [0.15, 0.2) is 36.9 Å². The number of carboxylic acids is 1. The van der Waals surface area contributed by atoms with E-state index < -0.39 is 5.97 Å². The molecule has 0 radical (unpaired) electrons. The highest BCUT2D eigenvalue weighted by atomic mass is 16.5. The molecule has 0 aliphatic heterocycles. The second-order valence-electron chi connectivity index (χ2n) is 5.88. The van der Waals surface area contributed by atoms with E-state index in [-0.39, 0.29) is 11.5 Å². The van der Waals surface area contributed by atoms with Gasteiger partial charge in [0.1, 0.15) is 5.69 Å². The monoisotopic (exact) mass is 385 g/mol. The molecule has 3 aromatic rings. The van der Waals surface area contributed by atoms with E-state index in [1.54, 1.807) is 34.9 Å². The van der Waals surface area contributed by atoms with E-state index in [1.807, 2.05) is 0 Å². The number of nitrogens with one attached hydrogen (secondary N) is 1. The van der Waals surface area contributed by atoms with Gasteiger partial charge in [-0.25, -0.2) is 9.48 Å². The first kappa shape index (κ1) is 19.2. The van der Waals surface area contributed by atoms with E-state index in [2.05, 4.69) is 25.7 Å². The summed E-state index contributed by atoms with van der Waals surface area (Å²) in [7, 11) is 1.75. The number of hydrogen-bond acceptors (Lipinski definition) is 7. The largest absolute Gasteiger partial charge is 0.478 e. The number of nitrogens with zero attached hydrogens (tertiary/aromatic N) is 6. The summed E-state index contributed by atoms with van der Waals surface area (Å²) in [5.74, 6) is -1.23. The predicted octanol–water partition coefficient (Wildman–Crippen LogP) is 0.218. The Labute approximate surface area is 160 Å². The number of amides is 1. The first-order valence-corrected chi connectivity index (χ1v) is 8.47. The lowest BCUT2D eigenvalue weighted by molar-refractivity contribution is 0.0696. The van der Waals surface area contributed by atoms with Crippen molar-refractivity contribution in [2.75, 3.05) is 19.8 Å². The summed E-state index contributed by atoms with van der Waals surface area (Å²) in [6.45, 7) is 1.63. The summed E-state index contributed by atoms with van der Waals surface area (Å²) in [6.07, 6.45) is 6.13. The molecule has 0 saturated heterocycles. The number of aromatic nitrogens is 6. The number of ether oxygens (including phenoxy) is 1. The zero-order chi connectivity index (χ0) is 19.9. The Morgan fingerprint density at radius 1 is 1.14 bits per heavy atom. The van der Waals surface area contributed by atoms with Crippen LogP contribution in [0.3, 0.4) is 0 Å². The summed E-state index contributed by atoms with van der Waals surface area (Å²) in [5.41, 5.74) is 1.69. The van der Waals surface area contributed by atoms with Gasteiger partial charge in [-0.2, -0.15) is 5.10 Å². The molecule has 0 bridgehead atoms. The molecule has 3 aromatic heterocycles. The zero-order valence-corrected chi connectivity index (χ0v) is 15.1. The van der Waals surface area contributed by atoms with Gasteiger partial charge < -0.3 is 15.2 Å². The molecule has 1 amide bonds. The molecule has 0 aliphatic carbocycles. The average Bonchev–Trinajstić information content (AvgIpc) is 3.33. The second kappa shape index (κ2) is 8.86. The van der Waals surface area contributed by atoms with E-state index in [4.69, 9.17) is 9.84 Å². The Balaban J connectivity index is 1.37. The summed E-state index contributed by atoms with van der Waals surface area (Å²) in [6, 6.07) is 3.05. The Morgan fingerprint density at radius 2 is 2.00 bits per heavy atom. The number of pyridine rings is 1. The number of aromatic carboxylic acids is 1. The Hall–Kier alpha value is -3.60. The summed E-state index contributed by atoms with van der Waals surface area (Å²) < 4.78 is 8.65. The van der Waals surface area contributed by atoms with E-state index in [1.165, 1.54) is 18.5 Å². The van der Waals surface area contributed by atoms with Gasteiger partial charge in [-0.15, -0.1) is 5.10 Å². The lowest BCUT2D eigenvalue weighted by Gasteiger charge is -2.05. The molecule has 11 nitrogen and oxygen atoms in total. The highest BCUT2D eigenvalue weighted by Gasteiger charge is 2.08. The topological polar surface area (TPSA) is 137 Å². The van der Waals surface area contributed by atoms with E-state index in [0.717, 1.165) is 0 Å². The highest BCUT2D eigenvalue weighted by Crippen LogP contribution is 2.13. The maximum absolute atomic E-state index is 11.8. The average molecular weight is 385 g/mol. The normalized spacial score (nSPS) is 10.8. The summed E-state index contributed by atoms with van der Waals surface area (Å²) in [5, 5.41) is 23.6. The third-order valence-electron chi connectivity index (χ3n) is 3.78. The molecule has 0 aliphatic rings. The first-order valence-electron chi connectivity index (χ1n) is 8.47. The fraction of sp³-hybridized carbons (Fsp3) is 0.294. The summed E-state index contributed by atoms with van der Waals surface area (Å²) >= 11 is 0.